The minimum atomic E-state index is -1.04. The van der Waals surface area contributed by atoms with Crippen molar-refractivity contribution in [3.8, 4) is 0 Å². The molecule has 0 N–H and O–H groups in total. The summed E-state index contributed by atoms with van der Waals surface area (Å²) >= 11 is -1.04. The normalized spacial score (nSPS) is 19.6. The van der Waals surface area contributed by atoms with Crippen LogP contribution >= 0.6 is 7.92 Å². The molecular weight excluding hydrogens is 581 g/mol. The quantitative estimate of drug-likeness (QED) is 0.326. The van der Waals surface area contributed by atoms with Crippen LogP contribution in [-0.4, -0.2) is 12.3 Å². The molecule has 0 saturated heterocycles. The van der Waals surface area contributed by atoms with Gasteiger partial charge in [-0.25, -0.2) is 0 Å². The monoisotopic (exact) mass is 616 g/mol. The van der Waals surface area contributed by atoms with Crippen LogP contribution in [0.2, 0.25) is 0 Å². The molecule has 0 heterocycles. The molecule has 0 amide bonds. The zero-order chi connectivity index (χ0) is 19.8. The first-order valence-electron chi connectivity index (χ1n) is 10.5. The molecule has 2 aliphatic rings. The van der Waals surface area contributed by atoms with Gasteiger partial charge in [-0.1, -0.05) is 0 Å². The summed E-state index contributed by atoms with van der Waals surface area (Å²) in [5.41, 5.74) is 8.30. The smallest absolute Gasteiger partial charge is 1.00 e. The van der Waals surface area contributed by atoms with Crippen LogP contribution < -0.4 is 24.8 Å². The Morgan fingerprint density at radius 2 is 1.52 bits per heavy atom. The number of hydrogen-bond donors (Lipinski definition) is 0. The van der Waals surface area contributed by atoms with E-state index in [9.17, 15) is 0 Å². The van der Waals surface area contributed by atoms with Crippen LogP contribution in [0.4, 0.5) is 0 Å². The molecule has 2 aliphatic carbocycles. The number of rotatable bonds is 7. The second kappa shape index (κ2) is 11.3. The van der Waals surface area contributed by atoms with E-state index in [-0.39, 0.29) is 38.2 Å². The Balaban J connectivity index is 0.00000210. The fourth-order valence-electron chi connectivity index (χ4n) is 4.67. The van der Waals surface area contributed by atoms with Crippen LogP contribution in [0.25, 0.3) is 6.08 Å². The third-order valence-corrected chi connectivity index (χ3v) is 18.5. The second-order valence-corrected chi connectivity index (χ2v) is 16.0. The van der Waals surface area contributed by atoms with Crippen LogP contribution in [0.15, 0.2) is 49.6 Å². The van der Waals surface area contributed by atoms with Crippen molar-refractivity contribution in [2.24, 2.45) is 5.41 Å². The molecule has 0 radical (unpaired) electrons. The van der Waals surface area contributed by atoms with Gasteiger partial charge in [0.15, 0.2) is 0 Å². The SMILES string of the molecule is CCCP(CCC)C1=Cc2ccccc2[CH]1[Hf+2][C]1=C(C)C(C)=C(C)C1(C)C.[Cl-].[Cl-]. The summed E-state index contributed by atoms with van der Waals surface area (Å²) in [5.74, 6) is 0. The van der Waals surface area contributed by atoms with Gasteiger partial charge in [0.05, 0.1) is 0 Å². The van der Waals surface area contributed by atoms with Crippen molar-refractivity contribution in [3.05, 3.63) is 60.8 Å². The maximum Gasteiger partial charge on any atom is -1.00 e. The Labute approximate surface area is 204 Å². The predicted octanol–water partition coefficient (Wildman–Crippen LogP) is 2.12. The van der Waals surface area contributed by atoms with E-state index in [0.717, 1.165) is 3.67 Å². The first-order valence-corrected chi connectivity index (χ1v) is 16.1. The molecule has 1 aromatic carbocycles. The second-order valence-electron chi connectivity index (χ2n) is 8.64. The Hall–Kier alpha value is 0.320. The first-order chi connectivity index (χ1) is 12.8. The number of allylic oxidation sites excluding steroid dienone is 5. The molecule has 0 fully saturated rings. The minimum Gasteiger partial charge on any atom is -1.00 e. The summed E-state index contributed by atoms with van der Waals surface area (Å²) < 4.78 is 2.65. The van der Waals surface area contributed by atoms with Crippen LogP contribution in [0.3, 0.4) is 0 Å². The van der Waals surface area contributed by atoms with Gasteiger partial charge < -0.3 is 24.8 Å². The van der Waals surface area contributed by atoms with Gasteiger partial charge in [0.25, 0.3) is 0 Å². The Morgan fingerprint density at radius 1 is 0.931 bits per heavy atom. The van der Waals surface area contributed by atoms with Gasteiger partial charge in [-0.3, -0.25) is 0 Å². The van der Waals surface area contributed by atoms with Gasteiger partial charge in [-0.05, 0) is 0 Å². The molecule has 158 valence electrons. The number of fused-ring (bicyclic) bond motifs is 1. The molecule has 0 aliphatic heterocycles. The summed E-state index contributed by atoms with van der Waals surface area (Å²) in [5, 5.41) is 1.86. The third kappa shape index (κ3) is 5.22. The maximum absolute atomic E-state index is 2.62. The number of hydrogen-bond acceptors (Lipinski definition) is 0. The summed E-state index contributed by atoms with van der Waals surface area (Å²) in [7, 11) is 0.0384. The molecule has 29 heavy (non-hydrogen) atoms. The molecule has 1 unspecified atom stereocenters. The van der Waals surface area contributed by atoms with E-state index in [1.807, 2.05) is 8.64 Å². The molecule has 1 atom stereocenters. The van der Waals surface area contributed by atoms with E-state index in [1.165, 1.54) is 30.7 Å². The van der Waals surface area contributed by atoms with Gasteiger partial charge in [0.1, 0.15) is 0 Å². The zero-order valence-electron chi connectivity index (χ0n) is 19.0. The molecule has 4 heteroatoms. The van der Waals surface area contributed by atoms with E-state index in [2.05, 4.69) is 78.8 Å². The summed E-state index contributed by atoms with van der Waals surface area (Å²) in [6.07, 6.45) is 8.11. The average Bonchev–Trinajstić information content (AvgIpc) is 3.07. The van der Waals surface area contributed by atoms with E-state index >= 15 is 0 Å². The fourth-order valence-corrected chi connectivity index (χ4v) is 16.6. The molecule has 0 saturated carbocycles. The minimum absolute atomic E-state index is 0. The van der Waals surface area contributed by atoms with Crippen molar-refractivity contribution >= 4 is 14.0 Å². The van der Waals surface area contributed by atoms with Crippen LogP contribution in [0.1, 0.15) is 76.1 Å². The van der Waals surface area contributed by atoms with Crippen LogP contribution in [0.5, 0.6) is 0 Å². The van der Waals surface area contributed by atoms with Gasteiger partial charge in [-0.2, -0.15) is 0 Å². The van der Waals surface area contributed by atoms with E-state index < -0.39 is 22.9 Å². The number of halogens is 2. The van der Waals surface area contributed by atoms with Crippen molar-refractivity contribution in [1.82, 2.24) is 0 Å². The first kappa shape index (κ1) is 27.4. The zero-order valence-corrected chi connectivity index (χ0v) is 25.0. The van der Waals surface area contributed by atoms with Gasteiger partial charge in [0, 0.05) is 0 Å². The third-order valence-electron chi connectivity index (χ3n) is 6.61. The molecule has 0 nitrogen and oxygen atoms in total. The molecular formula is C25H35Cl2HfP. The molecule has 0 bridgehead atoms. The molecule has 0 aromatic heterocycles. The fraction of sp³-hybridized carbons (Fsp3) is 0.520. The van der Waals surface area contributed by atoms with Crippen molar-refractivity contribution in [1.29, 1.82) is 0 Å². The molecule has 3 rings (SSSR count). The van der Waals surface area contributed by atoms with Gasteiger partial charge in [0.2, 0.25) is 0 Å². The standard InChI is InChI=1S/C15H20P.C10H15.2ClH.Hf/c1-3-9-16(10-4-2)15-11-13-7-5-6-8-14(13)12-15;1-7-6-10(4,5)9(3)8(7)2;;;/h5-8,11-12H,3-4,9-10H2,1-2H3;1-5H3;2*1H;/q;;;;+2/p-2. The van der Waals surface area contributed by atoms with Crippen LogP contribution in [0, 0.1) is 5.41 Å². The van der Waals surface area contributed by atoms with Gasteiger partial charge in [-0.15, -0.1) is 0 Å². The van der Waals surface area contributed by atoms with Gasteiger partial charge >= 0.3 is 180 Å². The van der Waals surface area contributed by atoms with E-state index in [0.29, 0.717) is 0 Å². The largest absolute Gasteiger partial charge is 1.00 e. The van der Waals surface area contributed by atoms with Crippen LogP contribution in [-0.2, 0) is 22.9 Å². The Bertz CT molecular complexity index is 814. The summed E-state index contributed by atoms with van der Waals surface area (Å²) in [6.45, 7) is 16.8. The van der Waals surface area contributed by atoms with Crippen molar-refractivity contribution in [2.75, 3.05) is 12.3 Å². The Morgan fingerprint density at radius 3 is 2.03 bits per heavy atom. The van der Waals surface area contributed by atoms with Crippen molar-refractivity contribution < 1.29 is 47.7 Å². The van der Waals surface area contributed by atoms with E-state index in [4.69, 9.17) is 0 Å². The van der Waals surface area contributed by atoms with Crippen molar-refractivity contribution in [2.45, 2.75) is 65.0 Å². The summed E-state index contributed by atoms with van der Waals surface area (Å²) in [4.78, 5) is 0. The average molecular weight is 616 g/mol. The van der Waals surface area contributed by atoms with E-state index in [1.54, 1.807) is 22.3 Å². The maximum atomic E-state index is 2.62. The molecule has 1 aromatic rings. The predicted molar refractivity (Wildman–Crippen MR) is 119 cm³/mol. The Kier molecular flexibility index (Phi) is 10.6. The number of benzene rings is 1. The summed E-state index contributed by atoms with van der Waals surface area (Å²) in [6, 6.07) is 9.29. The topological polar surface area (TPSA) is 0 Å². The molecule has 0 spiro atoms. The van der Waals surface area contributed by atoms with Crippen molar-refractivity contribution in [3.63, 3.8) is 0 Å².